The number of ether oxygens (including phenoxy) is 4. The monoisotopic (exact) mass is 982 g/mol. The number of likely N-dealkylation sites (tertiary alicyclic amines) is 2. The van der Waals surface area contributed by atoms with Crippen molar-refractivity contribution >= 4 is 34.2 Å². The van der Waals surface area contributed by atoms with Gasteiger partial charge in [0.2, 0.25) is 0 Å². The number of nitrogens with zero attached hydrogens (tertiary/aromatic N) is 6. The molecule has 2 amide bonds. The number of anilines is 1. The van der Waals surface area contributed by atoms with Gasteiger partial charge in [-0.1, -0.05) is 59.8 Å². The van der Waals surface area contributed by atoms with Gasteiger partial charge in [0.15, 0.2) is 5.75 Å². The fourth-order valence-electron chi connectivity index (χ4n) is 11.1. The smallest absolute Gasteiger partial charge is 0.410 e. The van der Waals surface area contributed by atoms with Crippen LogP contribution in [0.1, 0.15) is 103 Å². The van der Waals surface area contributed by atoms with E-state index < -0.39 is 83.1 Å². The van der Waals surface area contributed by atoms with Crippen molar-refractivity contribution in [3.05, 3.63) is 76.7 Å². The molecular formula is C53H71N7O11. The van der Waals surface area contributed by atoms with Gasteiger partial charge < -0.3 is 59.1 Å². The maximum absolute atomic E-state index is 15.0. The van der Waals surface area contributed by atoms with Crippen LogP contribution in [0.15, 0.2) is 64.8 Å². The van der Waals surface area contributed by atoms with Crippen molar-refractivity contribution < 1.29 is 53.8 Å². The first-order valence-electron chi connectivity index (χ1n) is 25.0. The molecule has 5 bridgehead atoms. The Bertz CT molecular complexity index is 2740. The number of nitrogens with one attached hydrogen (secondary N) is 1. The van der Waals surface area contributed by atoms with Crippen LogP contribution in [0, 0.1) is 36.5 Å². The number of amides is 2. The van der Waals surface area contributed by atoms with Gasteiger partial charge in [0.25, 0.3) is 11.7 Å². The van der Waals surface area contributed by atoms with Gasteiger partial charge in [0.05, 0.1) is 47.5 Å². The van der Waals surface area contributed by atoms with E-state index in [1.54, 1.807) is 76.3 Å². The first-order valence-corrected chi connectivity index (χ1v) is 25.0. The van der Waals surface area contributed by atoms with E-state index in [2.05, 4.69) is 34.0 Å². The summed E-state index contributed by atoms with van der Waals surface area (Å²) < 4.78 is 27.0. The first kappa shape index (κ1) is 51.5. The number of carbonyl (C=O) groups excluding carboxylic acids is 3. The molecular weight excluding hydrogens is 911 g/mol. The van der Waals surface area contributed by atoms with E-state index in [4.69, 9.17) is 23.9 Å². The second kappa shape index (κ2) is 20.4. The number of methoxy groups -OCH3 is 1. The summed E-state index contributed by atoms with van der Waals surface area (Å²) in [5, 5.41) is 51.5. The molecule has 0 saturated carbocycles. The SMILES string of the molecule is CO[C@H]1/C=C/O[C@@]2(C)Oc3c(C)c(O)c4c(O)c(c5c(c4c3C2=O)NC2(CCN(CC(C)C)CC2)N=5)=NC(=O)/C(C)=C\C=C\[C@H](C)[C@H](O)[C@@H](C)[C@@H](O)[C@@H](C)[C@H](OC(=O)N2CCC(n3ccnc3)CC2)[C@@H]1C. The minimum Gasteiger partial charge on any atom is -0.507 e. The molecule has 6 aliphatic rings. The summed E-state index contributed by atoms with van der Waals surface area (Å²) in [6.07, 6.45) is 11.2. The third kappa shape index (κ3) is 9.79. The number of carbonyl (C=O) groups is 3. The lowest BCUT2D eigenvalue weighted by Gasteiger charge is -2.39. The van der Waals surface area contributed by atoms with Crippen LogP contribution in [0.2, 0.25) is 0 Å². The Labute approximate surface area is 414 Å². The molecule has 2 saturated heterocycles. The van der Waals surface area contributed by atoms with Crippen LogP contribution < -0.4 is 20.8 Å². The average Bonchev–Trinajstić information content (AvgIpc) is 4.09. The summed E-state index contributed by atoms with van der Waals surface area (Å²) in [5.74, 6) is -6.23. The van der Waals surface area contributed by atoms with Crippen molar-refractivity contribution in [2.24, 2.45) is 39.6 Å². The van der Waals surface area contributed by atoms with Crippen molar-refractivity contribution in [1.29, 1.82) is 0 Å². The van der Waals surface area contributed by atoms with E-state index in [0.29, 0.717) is 50.4 Å². The Hall–Kier alpha value is -5.82. The number of hydrogen-bond donors (Lipinski definition) is 5. The highest BCUT2D eigenvalue weighted by Gasteiger charge is 2.51. The van der Waals surface area contributed by atoms with Crippen LogP contribution in [0.3, 0.4) is 0 Å². The fraction of sp³-hybridized carbons (Fsp3) is 0.585. The molecule has 9 atom stereocenters. The van der Waals surface area contributed by atoms with E-state index in [1.807, 2.05) is 17.7 Å². The highest BCUT2D eigenvalue weighted by atomic mass is 16.7. The number of Topliss-reactive ketones (excluding diaryl/α,β-unsaturated/α-hetero) is 1. The summed E-state index contributed by atoms with van der Waals surface area (Å²) in [6.45, 7) is 19.3. The standard InChI is InChI=1S/C53H71N7O11/c1-28(2)26-58-22-17-53(18-23-58)56-40-37-38-45(63)34(8)48-39(37)49(65)52(9,71-48)69-25-16-36(68-10)31(5)47(70-51(67)59-20-14-35(15-21-59)60-24-19-54-27-60)33(7)44(62)32(6)43(61)29(3)12-11-13-30(4)50(66)55-42(46(38)64)41(40)57-53/h11-13,16,19,24-25,27-29,31-33,35-36,43-44,47,56,61-64H,14-15,17-18,20-23,26H2,1-10H3/b12-11+,25-16+,30-13-,55-42?/t29-,31+,32+,33+,36-,43-,44+,47+,52-/m0/s1. The average molecular weight is 982 g/mol. The largest absolute Gasteiger partial charge is 0.507 e. The highest BCUT2D eigenvalue weighted by Crippen LogP contribution is 2.51. The maximum Gasteiger partial charge on any atom is 0.410 e. The number of piperidine rings is 2. The fourth-order valence-corrected chi connectivity index (χ4v) is 11.1. The number of ketones is 1. The third-order valence-corrected chi connectivity index (χ3v) is 15.5. The molecule has 2 fully saturated rings. The molecule has 0 aliphatic carbocycles. The number of aromatic hydroxyl groups is 2. The van der Waals surface area contributed by atoms with Gasteiger partial charge in [-0.3, -0.25) is 14.6 Å². The number of aromatic nitrogens is 2. The molecule has 384 valence electrons. The van der Waals surface area contributed by atoms with Crippen molar-refractivity contribution in [2.75, 3.05) is 45.2 Å². The number of imidazole rings is 1. The topological polar surface area (TPSA) is 230 Å². The molecule has 71 heavy (non-hydrogen) atoms. The van der Waals surface area contributed by atoms with E-state index >= 15 is 0 Å². The number of hydrogen-bond acceptors (Lipinski definition) is 15. The number of benzene rings is 2. The number of aliphatic hydroxyl groups is 2. The Morgan fingerprint density at radius 2 is 1.65 bits per heavy atom. The van der Waals surface area contributed by atoms with E-state index in [0.717, 1.165) is 19.6 Å². The van der Waals surface area contributed by atoms with Gasteiger partial charge in [0, 0.05) is 118 Å². The second-order valence-corrected chi connectivity index (χ2v) is 21.0. The summed E-state index contributed by atoms with van der Waals surface area (Å²) in [4.78, 5) is 60.8. The van der Waals surface area contributed by atoms with Gasteiger partial charge in [-0.25, -0.2) is 14.8 Å². The van der Waals surface area contributed by atoms with Gasteiger partial charge in [-0.2, -0.15) is 0 Å². The molecule has 2 aromatic carbocycles. The number of fused-ring (bicyclic) bond motifs is 13. The lowest BCUT2D eigenvalue weighted by molar-refractivity contribution is -0.114. The van der Waals surface area contributed by atoms with Crippen LogP contribution in [0.5, 0.6) is 17.2 Å². The number of allylic oxidation sites excluding steroid dienone is 2. The minimum absolute atomic E-state index is 0.0502. The molecule has 7 heterocycles. The summed E-state index contributed by atoms with van der Waals surface area (Å²) >= 11 is 0. The van der Waals surface area contributed by atoms with Crippen LogP contribution in [0.4, 0.5) is 10.5 Å². The Balaban J connectivity index is 1.20. The molecule has 18 heteroatoms. The molecule has 1 aromatic heterocycles. The van der Waals surface area contributed by atoms with Crippen LogP contribution >= 0.6 is 0 Å². The van der Waals surface area contributed by atoms with Gasteiger partial charge >= 0.3 is 11.9 Å². The summed E-state index contributed by atoms with van der Waals surface area (Å²) in [7, 11) is 1.49. The number of phenolic OH excluding ortho intramolecular Hbond substituents is 2. The zero-order chi connectivity index (χ0) is 51.3. The molecule has 6 aliphatic heterocycles. The van der Waals surface area contributed by atoms with Crippen LogP contribution in [-0.4, -0.2) is 133 Å². The molecule has 0 radical (unpaired) electrons. The highest BCUT2D eigenvalue weighted by molar-refractivity contribution is 6.21. The van der Waals surface area contributed by atoms with Crippen LogP contribution in [0.25, 0.3) is 10.8 Å². The molecule has 3 aromatic rings. The number of aliphatic hydroxyl groups excluding tert-OH is 2. The van der Waals surface area contributed by atoms with Crippen LogP contribution in [-0.2, 0) is 19.0 Å². The predicted molar refractivity (Wildman–Crippen MR) is 264 cm³/mol. The molecule has 0 unspecified atom stereocenters. The Morgan fingerprint density at radius 1 is 0.944 bits per heavy atom. The van der Waals surface area contributed by atoms with Crippen molar-refractivity contribution in [2.45, 2.75) is 130 Å². The third-order valence-electron chi connectivity index (χ3n) is 15.5. The molecule has 9 rings (SSSR count). The van der Waals surface area contributed by atoms with Crippen molar-refractivity contribution in [3.63, 3.8) is 0 Å². The zero-order valence-corrected chi connectivity index (χ0v) is 42.6. The van der Waals surface area contributed by atoms with E-state index in [9.17, 15) is 34.8 Å². The maximum atomic E-state index is 15.0. The summed E-state index contributed by atoms with van der Waals surface area (Å²) in [5.41, 5.74) is -0.139. The quantitative estimate of drug-likeness (QED) is 0.189. The Morgan fingerprint density at radius 3 is 2.30 bits per heavy atom. The second-order valence-electron chi connectivity index (χ2n) is 21.0. The molecule has 1 spiro atoms. The zero-order valence-electron chi connectivity index (χ0n) is 42.6. The normalized spacial score (nSPS) is 31.3. The van der Waals surface area contributed by atoms with Gasteiger partial charge in [-0.15, -0.1) is 0 Å². The van der Waals surface area contributed by atoms with Gasteiger partial charge in [0.1, 0.15) is 34.0 Å². The van der Waals surface area contributed by atoms with E-state index in [1.165, 1.54) is 20.3 Å². The van der Waals surface area contributed by atoms with Crippen molar-refractivity contribution in [1.82, 2.24) is 19.4 Å². The number of phenols is 2. The van der Waals surface area contributed by atoms with Crippen molar-refractivity contribution in [3.8, 4) is 17.2 Å². The summed E-state index contributed by atoms with van der Waals surface area (Å²) in [6, 6.07) is 0.187. The lowest BCUT2D eigenvalue weighted by atomic mass is 9.78. The first-order chi connectivity index (χ1) is 33.7. The lowest BCUT2D eigenvalue weighted by Crippen LogP contribution is -2.49. The molecule has 18 nitrogen and oxygen atoms in total. The number of rotatable bonds is 5. The van der Waals surface area contributed by atoms with E-state index in [-0.39, 0.29) is 55.7 Å². The minimum atomic E-state index is -1.98. The Kier molecular flexibility index (Phi) is 14.8. The molecule has 5 N–H and O–H groups in total. The predicted octanol–water partition coefficient (Wildman–Crippen LogP) is 5.86. The van der Waals surface area contributed by atoms with Gasteiger partial charge in [-0.05, 0) is 38.7 Å².